The third-order valence-electron chi connectivity index (χ3n) is 4.35. The number of benzene rings is 1. The number of piperidine rings is 1. The lowest BCUT2D eigenvalue weighted by Gasteiger charge is -2.31. The fourth-order valence-corrected chi connectivity index (χ4v) is 2.91. The van der Waals surface area contributed by atoms with Crippen molar-refractivity contribution in [3.63, 3.8) is 0 Å². The molecule has 1 aliphatic rings. The molecule has 3 rings (SSSR count). The third-order valence-corrected chi connectivity index (χ3v) is 4.35. The number of nitrogens with one attached hydrogen (secondary N) is 1. The zero-order chi connectivity index (χ0) is 16.1. The molecule has 0 bridgehead atoms. The van der Waals surface area contributed by atoms with Crippen molar-refractivity contribution in [1.82, 2.24) is 4.90 Å². The third kappa shape index (κ3) is 3.74. The molecule has 0 saturated carbocycles. The molecule has 2 aromatic rings. The number of carbonyl (C=O) groups is 1. The summed E-state index contributed by atoms with van der Waals surface area (Å²) < 4.78 is 5.31. The lowest BCUT2D eigenvalue weighted by atomic mass is 9.97. The van der Waals surface area contributed by atoms with Gasteiger partial charge < -0.3 is 19.7 Å². The molecule has 5 heteroatoms. The summed E-state index contributed by atoms with van der Waals surface area (Å²) >= 11 is 0. The van der Waals surface area contributed by atoms with Gasteiger partial charge in [0, 0.05) is 25.4 Å². The summed E-state index contributed by atoms with van der Waals surface area (Å²) in [6.45, 7) is 2.17. The van der Waals surface area contributed by atoms with E-state index >= 15 is 0 Å². The number of carbonyl (C=O) groups excluding carboxylic acids is 1. The Bertz CT molecular complexity index is 631. The first-order valence-corrected chi connectivity index (χ1v) is 8.03. The van der Waals surface area contributed by atoms with Gasteiger partial charge in [0.25, 0.3) is 5.91 Å². The average Bonchev–Trinajstić information content (AvgIpc) is 3.13. The van der Waals surface area contributed by atoms with Crippen LogP contribution in [0, 0.1) is 5.92 Å². The Labute approximate surface area is 135 Å². The maximum absolute atomic E-state index is 12.8. The lowest BCUT2D eigenvalue weighted by molar-refractivity contribution is 0.0652. The van der Waals surface area contributed by atoms with Crippen LogP contribution in [-0.4, -0.2) is 35.6 Å². The number of nitrogens with zero attached hydrogens (tertiary/aromatic N) is 1. The maximum Gasteiger partial charge on any atom is 0.255 e. The van der Waals surface area contributed by atoms with E-state index in [1.54, 1.807) is 6.26 Å². The summed E-state index contributed by atoms with van der Waals surface area (Å²) in [6.07, 6.45) is 3.37. The number of likely N-dealkylation sites (tertiary alicyclic amines) is 1. The van der Waals surface area contributed by atoms with E-state index in [2.05, 4.69) is 5.32 Å². The molecule has 1 fully saturated rings. The summed E-state index contributed by atoms with van der Waals surface area (Å²) in [5.41, 5.74) is 1.50. The summed E-state index contributed by atoms with van der Waals surface area (Å²) in [5, 5.41) is 12.5. The van der Waals surface area contributed by atoms with Crippen molar-refractivity contribution < 1.29 is 14.3 Å². The van der Waals surface area contributed by atoms with Gasteiger partial charge in [0.05, 0.1) is 18.4 Å². The Hall–Kier alpha value is -2.27. The van der Waals surface area contributed by atoms with Gasteiger partial charge in [-0.1, -0.05) is 12.1 Å². The van der Waals surface area contributed by atoms with E-state index in [1.165, 1.54) is 0 Å². The second-order valence-electron chi connectivity index (χ2n) is 5.90. The van der Waals surface area contributed by atoms with Gasteiger partial charge in [-0.15, -0.1) is 0 Å². The zero-order valence-electron chi connectivity index (χ0n) is 13.1. The molecule has 0 unspecified atom stereocenters. The van der Waals surface area contributed by atoms with Gasteiger partial charge >= 0.3 is 0 Å². The molecular formula is C18H22N2O3. The summed E-state index contributed by atoms with van der Waals surface area (Å²) in [7, 11) is 0. The number of aliphatic hydroxyl groups excluding tert-OH is 1. The van der Waals surface area contributed by atoms with Gasteiger partial charge in [0.1, 0.15) is 5.76 Å². The monoisotopic (exact) mass is 314 g/mol. The maximum atomic E-state index is 12.8. The minimum absolute atomic E-state index is 0.0453. The number of rotatable bonds is 5. The molecule has 1 amide bonds. The Kier molecular flexibility index (Phi) is 4.98. The smallest absolute Gasteiger partial charge is 0.255 e. The number of anilines is 1. The average molecular weight is 314 g/mol. The first-order chi connectivity index (χ1) is 11.3. The van der Waals surface area contributed by atoms with Crippen LogP contribution >= 0.6 is 0 Å². The Balaban J connectivity index is 1.68. The van der Waals surface area contributed by atoms with Crippen LogP contribution in [0.4, 0.5) is 5.69 Å². The van der Waals surface area contributed by atoms with Crippen molar-refractivity contribution in [2.75, 3.05) is 25.0 Å². The normalized spacial score (nSPS) is 15.6. The number of hydrogen-bond donors (Lipinski definition) is 2. The molecule has 1 aliphatic heterocycles. The fraction of sp³-hybridized carbons (Fsp3) is 0.389. The first-order valence-electron chi connectivity index (χ1n) is 8.03. The van der Waals surface area contributed by atoms with E-state index < -0.39 is 0 Å². The van der Waals surface area contributed by atoms with Gasteiger partial charge in [-0.3, -0.25) is 4.79 Å². The van der Waals surface area contributed by atoms with E-state index in [0.29, 0.717) is 31.1 Å². The molecule has 0 radical (unpaired) electrons. The van der Waals surface area contributed by atoms with Crippen molar-refractivity contribution in [2.45, 2.75) is 19.4 Å². The van der Waals surface area contributed by atoms with Crippen molar-refractivity contribution in [3.8, 4) is 0 Å². The van der Waals surface area contributed by atoms with Gasteiger partial charge in [0.15, 0.2) is 0 Å². The molecule has 2 N–H and O–H groups in total. The van der Waals surface area contributed by atoms with Crippen LogP contribution in [0.1, 0.15) is 29.0 Å². The van der Waals surface area contributed by atoms with Crippen molar-refractivity contribution in [1.29, 1.82) is 0 Å². The molecular weight excluding hydrogens is 292 g/mol. The highest BCUT2D eigenvalue weighted by atomic mass is 16.3. The van der Waals surface area contributed by atoms with Crippen molar-refractivity contribution in [3.05, 3.63) is 54.0 Å². The number of para-hydroxylation sites is 1. The molecule has 0 atom stereocenters. The van der Waals surface area contributed by atoms with Gasteiger partial charge in [-0.25, -0.2) is 0 Å². The van der Waals surface area contributed by atoms with E-state index in [-0.39, 0.29) is 12.5 Å². The van der Waals surface area contributed by atoms with E-state index in [1.807, 2.05) is 41.3 Å². The topological polar surface area (TPSA) is 65.7 Å². The molecule has 1 aromatic heterocycles. The van der Waals surface area contributed by atoms with Gasteiger partial charge in [-0.05, 0) is 43.0 Å². The number of amides is 1. The summed E-state index contributed by atoms with van der Waals surface area (Å²) in [4.78, 5) is 14.7. The highest BCUT2D eigenvalue weighted by molar-refractivity contribution is 5.99. The van der Waals surface area contributed by atoms with Crippen LogP contribution in [0.15, 0.2) is 47.1 Å². The van der Waals surface area contributed by atoms with Gasteiger partial charge in [-0.2, -0.15) is 0 Å². The second-order valence-corrected chi connectivity index (χ2v) is 5.90. The quantitative estimate of drug-likeness (QED) is 0.890. The SMILES string of the molecule is O=C(c1ccccc1NCc1ccco1)N1CCC(CO)CC1. The number of furan rings is 1. The lowest BCUT2D eigenvalue weighted by Crippen LogP contribution is -2.39. The molecule has 122 valence electrons. The first kappa shape index (κ1) is 15.6. The van der Waals surface area contributed by atoms with Crippen LogP contribution in [-0.2, 0) is 6.54 Å². The molecule has 1 saturated heterocycles. The van der Waals surface area contributed by atoms with Crippen LogP contribution in [0.5, 0.6) is 0 Å². The van der Waals surface area contributed by atoms with E-state index in [4.69, 9.17) is 4.42 Å². The molecule has 0 spiro atoms. The summed E-state index contributed by atoms with van der Waals surface area (Å²) in [6, 6.07) is 11.3. The number of aliphatic hydroxyl groups is 1. The van der Waals surface area contributed by atoms with E-state index in [0.717, 1.165) is 24.3 Å². The van der Waals surface area contributed by atoms with Gasteiger partial charge in [0.2, 0.25) is 0 Å². The minimum atomic E-state index is 0.0453. The van der Waals surface area contributed by atoms with Crippen LogP contribution in [0.25, 0.3) is 0 Å². The molecule has 1 aromatic carbocycles. The van der Waals surface area contributed by atoms with E-state index in [9.17, 15) is 9.90 Å². The Morgan fingerprint density at radius 3 is 2.70 bits per heavy atom. The molecule has 2 heterocycles. The van der Waals surface area contributed by atoms with Crippen molar-refractivity contribution in [2.24, 2.45) is 5.92 Å². The standard InChI is InChI=1S/C18H22N2O3/c21-13-14-7-9-20(10-8-14)18(22)16-5-1-2-6-17(16)19-12-15-4-3-11-23-15/h1-6,11,14,19,21H,7-10,12-13H2. The Morgan fingerprint density at radius 1 is 1.22 bits per heavy atom. The fourth-order valence-electron chi connectivity index (χ4n) is 2.91. The minimum Gasteiger partial charge on any atom is -0.467 e. The predicted molar refractivity (Wildman–Crippen MR) is 88.2 cm³/mol. The summed E-state index contributed by atoms with van der Waals surface area (Å²) in [5.74, 6) is 1.20. The largest absolute Gasteiger partial charge is 0.467 e. The highest BCUT2D eigenvalue weighted by Gasteiger charge is 2.24. The molecule has 0 aliphatic carbocycles. The van der Waals surface area contributed by atoms with Crippen LogP contribution in [0.2, 0.25) is 0 Å². The zero-order valence-corrected chi connectivity index (χ0v) is 13.1. The molecule has 23 heavy (non-hydrogen) atoms. The van der Waals surface area contributed by atoms with Crippen LogP contribution < -0.4 is 5.32 Å². The predicted octanol–water partition coefficient (Wildman–Crippen LogP) is 2.74. The molecule has 5 nitrogen and oxygen atoms in total. The highest BCUT2D eigenvalue weighted by Crippen LogP contribution is 2.22. The number of hydrogen-bond acceptors (Lipinski definition) is 4. The second kappa shape index (κ2) is 7.33. The Morgan fingerprint density at radius 2 is 2.00 bits per heavy atom. The van der Waals surface area contributed by atoms with Crippen LogP contribution in [0.3, 0.4) is 0 Å². The van der Waals surface area contributed by atoms with Crippen molar-refractivity contribution >= 4 is 11.6 Å².